The SMILES string of the molecule is Cc1cc(C)c(C)c(C(=O)CBr)c1C. The van der Waals surface area contributed by atoms with Crippen molar-refractivity contribution < 1.29 is 4.79 Å². The van der Waals surface area contributed by atoms with Crippen LogP contribution in [-0.2, 0) is 0 Å². The van der Waals surface area contributed by atoms with Crippen LogP contribution in [0, 0.1) is 27.7 Å². The van der Waals surface area contributed by atoms with Gasteiger partial charge in [0.25, 0.3) is 0 Å². The van der Waals surface area contributed by atoms with Crippen LogP contribution in [0.4, 0.5) is 0 Å². The van der Waals surface area contributed by atoms with Crippen LogP contribution >= 0.6 is 15.9 Å². The summed E-state index contributed by atoms with van der Waals surface area (Å²) in [5.74, 6) is 0.173. The second kappa shape index (κ2) is 4.26. The van der Waals surface area contributed by atoms with Crippen LogP contribution in [0.25, 0.3) is 0 Å². The molecule has 0 amide bonds. The molecule has 1 rings (SSSR count). The van der Waals surface area contributed by atoms with Crippen molar-refractivity contribution in [2.75, 3.05) is 5.33 Å². The average Bonchev–Trinajstić information content (AvgIpc) is 2.15. The molecule has 0 aliphatic carbocycles. The van der Waals surface area contributed by atoms with Gasteiger partial charge in [-0.15, -0.1) is 0 Å². The van der Waals surface area contributed by atoms with E-state index in [4.69, 9.17) is 0 Å². The Morgan fingerprint density at radius 1 is 1.14 bits per heavy atom. The molecule has 2 heteroatoms. The van der Waals surface area contributed by atoms with Gasteiger partial charge >= 0.3 is 0 Å². The molecule has 0 saturated heterocycles. The second-order valence-corrected chi connectivity index (χ2v) is 4.25. The largest absolute Gasteiger partial charge is 0.293 e. The molecule has 1 aromatic carbocycles. The van der Waals surface area contributed by atoms with Gasteiger partial charge in [-0.25, -0.2) is 0 Å². The maximum Gasteiger partial charge on any atom is 0.173 e. The molecule has 0 radical (unpaired) electrons. The maximum absolute atomic E-state index is 11.7. The van der Waals surface area contributed by atoms with E-state index in [9.17, 15) is 4.79 Å². The topological polar surface area (TPSA) is 17.1 Å². The number of carbonyl (C=O) groups excluding carboxylic acids is 1. The van der Waals surface area contributed by atoms with Crippen molar-refractivity contribution >= 4 is 21.7 Å². The minimum atomic E-state index is 0.173. The van der Waals surface area contributed by atoms with E-state index in [0.717, 1.165) is 16.7 Å². The molecule has 0 atom stereocenters. The van der Waals surface area contributed by atoms with Crippen LogP contribution in [0.15, 0.2) is 6.07 Å². The van der Waals surface area contributed by atoms with Crippen LogP contribution in [0.5, 0.6) is 0 Å². The lowest BCUT2D eigenvalue weighted by atomic mass is 9.92. The van der Waals surface area contributed by atoms with Gasteiger partial charge in [-0.05, 0) is 49.9 Å². The molecule has 76 valence electrons. The van der Waals surface area contributed by atoms with Crippen molar-refractivity contribution in [3.63, 3.8) is 0 Å². The number of Topliss-reactive ketones (excluding diaryl/α,β-unsaturated/α-hetero) is 1. The molecule has 0 N–H and O–H groups in total. The van der Waals surface area contributed by atoms with Crippen molar-refractivity contribution in [3.8, 4) is 0 Å². The first-order valence-corrected chi connectivity index (χ1v) is 5.77. The summed E-state index contributed by atoms with van der Waals surface area (Å²) in [6.45, 7) is 8.12. The second-order valence-electron chi connectivity index (χ2n) is 3.69. The van der Waals surface area contributed by atoms with Crippen LogP contribution in [0.2, 0.25) is 0 Å². The number of aryl methyl sites for hydroxylation is 2. The fourth-order valence-electron chi connectivity index (χ4n) is 1.70. The number of ketones is 1. The highest BCUT2D eigenvalue weighted by molar-refractivity contribution is 9.09. The fourth-order valence-corrected chi connectivity index (χ4v) is 1.98. The van der Waals surface area contributed by atoms with Gasteiger partial charge in [0, 0.05) is 5.56 Å². The first-order chi connectivity index (χ1) is 6.49. The van der Waals surface area contributed by atoms with E-state index >= 15 is 0 Å². The van der Waals surface area contributed by atoms with Gasteiger partial charge in [0.15, 0.2) is 5.78 Å². The van der Waals surface area contributed by atoms with E-state index in [2.05, 4.69) is 22.0 Å². The quantitative estimate of drug-likeness (QED) is 0.584. The standard InChI is InChI=1S/C12H15BrO/c1-7-5-8(2)10(4)12(9(7)3)11(14)6-13/h5H,6H2,1-4H3. The molecule has 0 bridgehead atoms. The minimum Gasteiger partial charge on any atom is -0.293 e. The van der Waals surface area contributed by atoms with E-state index in [1.165, 1.54) is 11.1 Å². The zero-order chi connectivity index (χ0) is 10.9. The molecular weight excluding hydrogens is 240 g/mol. The van der Waals surface area contributed by atoms with E-state index in [-0.39, 0.29) is 5.78 Å². The van der Waals surface area contributed by atoms with Crippen molar-refractivity contribution in [1.29, 1.82) is 0 Å². The number of hydrogen-bond acceptors (Lipinski definition) is 1. The van der Waals surface area contributed by atoms with E-state index in [0.29, 0.717) is 5.33 Å². The average molecular weight is 255 g/mol. The molecule has 0 heterocycles. The number of halogens is 1. The van der Waals surface area contributed by atoms with Gasteiger partial charge in [-0.2, -0.15) is 0 Å². The van der Waals surface area contributed by atoms with Gasteiger partial charge < -0.3 is 0 Å². The molecule has 14 heavy (non-hydrogen) atoms. The lowest BCUT2D eigenvalue weighted by Gasteiger charge is -2.13. The van der Waals surface area contributed by atoms with Gasteiger partial charge in [0.05, 0.1) is 5.33 Å². The summed E-state index contributed by atoms with van der Waals surface area (Å²) in [5, 5.41) is 0.400. The van der Waals surface area contributed by atoms with Gasteiger partial charge in [-0.1, -0.05) is 22.0 Å². The molecule has 0 fully saturated rings. The Bertz CT molecular complexity index is 354. The Hall–Kier alpha value is -0.630. The maximum atomic E-state index is 11.7. The summed E-state index contributed by atoms with van der Waals surface area (Å²) in [6.07, 6.45) is 0. The number of alkyl halides is 1. The van der Waals surface area contributed by atoms with Gasteiger partial charge in [0.1, 0.15) is 0 Å². The predicted octanol–water partition coefficient (Wildman–Crippen LogP) is 3.50. The van der Waals surface area contributed by atoms with Crippen LogP contribution in [-0.4, -0.2) is 11.1 Å². The lowest BCUT2D eigenvalue weighted by molar-refractivity contribution is 0.102. The zero-order valence-corrected chi connectivity index (χ0v) is 10.7. The summed E-state index contributed by atoms with van der Waals surface area (Å²) in [5.41, 5.74) is 5.49. The van der Waals surface area contributed by atoms with E-state index in [1.54, 1.807) is 0 Å². The number of benzene rings is 1. The van der Waals surface area contributed by atoms with Crippen molar-refractivity contribution in [1.82, 2.24) is 0 Å². The van der Waals surface area contributed by atoms with Crippen molar-refractivity contribution in [2.45, 2.75) is 27.7 Å². The third-order valence-corrected chi connectivity index (χ3v) is 3.28. The molecule has 0 saturated carbocycles. The first-order valence-electron chi connectivity index (χ1n) is 4.65. The smallest absolute Gasteiger partial charge is 0.173 e. The van der Waals surface area contributed by atoms with E-state index < -0.39 is 0 Å². The van der Waals surface area contributed by atoms with Crippen molar-refractivity contribution in [2.24, 2.45) is 0 Å². The van der Waals surface area contributed by atoms with Crippen LogP contribution in [0.3, 0.4) is 0 Å². The molecular formula is C12H15BrO. The molecule has 0 aliphatic rings. The summed E-state index contributed by atoms with van der Waals surface area (Å²) in [4.78, 5) is 11.7. The highest BCUT2D eigenvalue weighted by Gasteiger charge is 2.14. The lowest BCUT2D eigenvalue weighted by Crippen LogP contribution is -2.08. The third-order valence-electron chi connectivity index (χ3n) is 2.77. The Balaban J connectivity index is 3.47. The molecule has 1 nitrogen and oxygen atoms in total. The molecule has 0 aliphatic heterocycles. The summed E-state index contributed by atoms with van der Waals surface area (Å²) in [7, 11) is 0. The summed E-state index contributed by atoms with van der Waals surface area (Å²) < 4.78 is 0. The van der Waals surface area contributed by atoms with Crippen LogP contribution in [0.1, 0.15) is 32.6 Å². The van der Waals surface area contributed by atoms with Crippen molar-refractivity contribution in [3.05, 3.63) is 33.9 Å². The minimum absolute atomic E-state index is 0.173. The number of rotatable bonds is 2. The molecule has 0 aromatic heterocycles. The summed E-state index contributed by atoms with van der Waals surface area (Å²) in [6, 6.07) is 2.13. The Labute approximate surface area is 93.7 Å². The number of carbonyl (C=O) groups is 1. The monoisotopic (exact) mass is 254 g/mol. The third kappa shape index (κ3) is 1.90. The van der Waals surface area contributed by atoms with Gasteiger partial charge in [-0.3, -0.25) is 4.79 Å². The highest BCUT2D eigenvalue weighted by Crippen LogP contribution is 2.22. The van der Waals surface area contributed by atoms with Gasteiger partial charge in [0.2, 0.25) is 0 Å². The normalized spacial score (nSPS) is 10.4. The zero-order valence-electron chi connectivity index (χ0n) is 9.07. The Kier molecular flexibility index (Phi) is 3.48. The highest BCUT2D eigenvalue weighted by atomic mass is 79.9. The Morgan fingerprint density at radius 2 is 1.57 bits per heavy atom. The molecule has 0 spiro atoms. The fraction of sp³-hybridized carbons (Fsp3) is 0.417. The molecule has 1 aromatic rings. The molecule has 0 unspecified atom stereocenters. The van der Waals surface area contributed by atoms with Crippen LogP contribution < -0.4 is 0 Å². The van der Waals surface area contributed by atoms with E-state index in [1.807, 2.05) is 27.7 Å². The summed E-state index contributed by atoms with van der Waals surface area (Å²) >= 11 is 3.22. The number of hydrogen-bond donors (Lipinski definition) is 0. The predicted molar refractivity (Wildman–Crippen MR) is 63.5 cm³/mol. The first kappa shape index (κ1) is 11.4. The Morgan fingerprint density at radius 3 is 1.93 bits per heavy atom.